The van der Waals surface area contributed by atoms with Crippen molar-refractivity contribution in [2.24, 2.45) is 0 Å². The van der Waals surface area contributed by atoms with Crippen LogP contribution in [0.3, 0.4) is 0 Å². The zero-order valence-corrected chi connectivity index (χ0v) is 20.5. The van der Waals surface area contributed by atoms with E-state index in [0.29, 0.717) is 13.2 Å². The van der Waals surface area contributed by atoms with Crippen molar-refractivity contribution < 1.29 is 9.47 Å². The predicted molar refractivity (Wildman–Crippen MR) is 138 cm³/mol. The summed E-state index contributed by atoms with van der Waals surface area (Å²) in [5.74, 6) is 1.87. The molecular formula is C30H30O2S. The van der Waals surface area contributed by atoms with E-state index in [4.69, 9.17) is 9.47 Å². The highest BCUT2D eigenvalue weighted by Gasteiger charge is 2.16. The van der Waals surface area contributed by atoms with Crippen molar-refractivity contribution in [3.05, 3.63) is 118 Å². The van der Waals surface area contributed by atoms with Crippen LogP contribution in [0.15, 0.2) is 94.7 Å². The molecule has 0 aliphatic heterocycles. The first kappa shape index (κ1) is 23.0. The van der Waals surface area contributed by atoms with E-state index in [2.05, 4.69) is 76.2 Å². The molecule has 0 fully saturated rings. The summed E-state index contributed by atoms with van der Waals surface area (Å²) in [4.78, 5) is 2.22. The molecule has 168 valence electrons. The van der Waals surface area contributed by atoms with Crippen LogP contribution in [-0.2, 0) is 13.2 Å². The summed E-state index contributed by atoms with van der Waals surface area (Å²) in [6.45, 7) is 9.58. The predicted octanol–water partition coefficient (Wildman–Crippen LogP) is 8.23. The van der Waals surface area contributed by atoms with Crippen LogP contribution in [-0.4, -0.2) is 0 Å². The van der Waals surface area contributed by atoms with Gasteiger partial charge in [-0.1, -0.05) is 84.6 Å². The van der Waals surface area contributed by atoms with Crippen LogP contribution in [0.1, 0.15) is 33.4 Å². The molecule has 0 aromatic heterocycles. The molecule has 2 nitrogen and oxygen atoms in total. The maximum absolute atomic E-state index is 6.35. The fourth-order valence-corrected chi connectivity index (χ4v) is 5.28. The van der Waals surface area contributed by atoms with E-state index < -0.39 is 0 Å². The van der Waals surface area contributed by atoms with Gasteiger partial charge in [-0.15, -0.1) is 0 Å². The summed E-state index contributed by atoms with van der Waals surface area (Å²) < 4.78 is 12.7. The molecule has 4 aromatic rings. The molecule has 0 spiro atoms. The summed E-state index contributed by atoms with van der Waals surface area (Å²) in [5.41, 5.74) is 7.05. The lowest BCUT2D eigenvalue weighted by Gasteiger charge is -2.18. The molecule has 0 saturated carbocycles. The van der Waals surface area contributed by atoms with E-state index in [1.165, 1.54) is 11.1 Å². The average molecular weight is 455 g/mol. The second-order valence-electron chi connectivity index (χ2n) is 8.47. The van der Waals surface area contributed by atoms with Gasteiger partial charge in [0.2, 0.25) is 0 Å². The molecule has 4 aromatic carbocycles. The summed E-state index contributed by atoms with van der Waals surface area (Å²) in [7, 11) is 0. The van der Waals surface area contributed by atoms with Crippen LogP contribution >= 0.6 is 11.8 Å². The molecule has 0 N–H and O–H groups in total. The van der Waals surface area contributed by atoms with Crippen LogP contribution in [0.4, 0.5) is 0 Å². The van der Waals surface area contributed by atoms with Crippen molar-refractivity contribution in [2.75, 3.05) is 0 Å². The smallest absolute Gasteiger partial charge is 0.136 e. The van der Waals surface area contributed by atoms with Gasteiger partial charge in [-0.2, -0.15) is 0 Å². The number of hydrogen-bond donors (Lipinski definition) is 0. The van der Waals surface area contributed by atoms with Crippen molar-refractivity contribution >= 4 is 11.8 Å². The zero-order chi connectivity index (χ0) is 23.2. The van der Waals surface area contributed by atoms with E-state index in [-0.39, 0.29) is 0 Å². The third-order valence-corrected chi connectivity index (χ3v) is 6.49. The Morgan fingerprint density at radius 2 is 0.939 bits per heavy atom. The Balaban J connectivity index is 1.64. The number of aryl methyl sites for hydroxylation is 4. The van der Waals surface area contributed by atoms with Crippen molar-refractivity contribution in [1.29, 1.82) is 0 Å². The maximum atomic E-state index is 6.35. The summed E-state index contributed by atoms with van der Waals surface area (Å²) in [6.07, 6.45) is 0. The van der Waals surface area contributed by atoms with Gasteiger partial charge < -0.3 is 9.47 Å². The number of benzene rings is 4. The quantitative estimate of drug-likeness (QED) is 0.267. The topological polar surface area (TPSA) is 18.5 Å². The maximum Gasteiger partial charge on any atom is 0.136 e. The standard InChI is InChI=1S/C30H30O2S/c1-21-15-23(3)29(31-19-25-11-7-5-8-12-25)27(17-21)33-28-18-22(2)16-24(4)30(28)32-20-26-13-9-6-10-14-26/h5-18H,19-20H2,1-4H3. The number of ether oxygens (including phenoxy) is 2. The first-order valence-corrected chi connectivity index (χ1v) is 12.0. The van der Waals surface area contributed by atoms with Gasteiger partial charge in [0.15, 0.2) is 0 Å². The number of rotatable bonds is 8. The Bertz CT molecular complexity index is 1120. The molecular weight excluding hydrogens is 424 g/mol. The Labute approximate surface area is 201 Å². The molecule has 0 aliphatic carbocycles. The van der Waals surface area contributed by atoms with Crippen LogP contribution < -0.4 is 9.47 Å². The van der Waals surface area contributed by atoms with Gasteiger partial charge in [-0.25, -0.2) is 0 Å². The van der Waals surface area contributed by atoms with Crippen molar-refractivity contribution in [1.82, 2.24) is 0 Å². The molecule has 33 heavy (non-hydrogen) atoms. The molecule has 0 radical (unpaired) electrons. The first-order valence-electron chi connectivity index (χ1n) is 11.2. The molecule has 0 bridgehead atoms. The Morgan fingerprint density at radius 3 is 1.33 bits per heavy atom. The fourth-order valence-electron chi connectivity index (χ4n) is 3.93. The molecule has 0 unspecified atom stereocenters. The molecule has 0 heterocycles. The highest BCUT2D eigenvalue weighted by Crippen LogP contribution is 2.43. The summed E-state index contributed by atoms with van der Waals surface area (Å²) in [5, 5.41) is 0. The van der Waals surface area contributed by atoms with E-state index >= 15 is 0 Å². The van der Waals surface area contributed by atoms with Gasteiger partial charge in [0, 0.05) is 0 Å². The highest BCUT2D eigenvalue weighted by molar-refractivity contribution is 7.99. The summed E-state index contributed by atoms with van der Waals surface area (Å²) in [6, 6.07) is 29.4. The SMILES string of the molecule is Cc1cc(C)c(OCc2ccccc2)c(Sc2cc(C)cc(C)c2OCc2ccccc2)c1. The lowest BCUT2D eigenvalue weighted by molar-refractivity contribution is 0.295. The van der Waals surface area contributed by atoms with Crippen LogP contribution in [0.2, 0.25) is 0 Å². The van der Waals surface area contributed by atoms with Crippen LogP contribution in [0.5, 0.6) is 11.5 Å². The Hall–Kier alpha value is -3.17. The molecule has 0 amide bonds. The normalized spacial score (nSPS) is 10.8. The minimum Gasteiger partial charge on any atom is -0.487 e. The molecule has 0 aliphatic rings. The lowest BCUT2D eigenvalue weighted by atomic mass is 10.1. The van der Waals surface area contributed by atoms with Crippen LogP contribution in [0, 0.1) is 27.7 Å². The molecule has 3 heteroatoms. The van der Waals surface area contributed by atoms with E-state index in [0.717, 1.165) is 43.5 Å². The Morgan fingerprint density at radius 1 is 0.545 bits per heavy atom. The van der Waals surface area contributed by atoms with Gasteiger partial charge >= 0.3 is 0 Å². The van der Waals surface area contributed by atoms with Gasteiger partial charge in [-0.05, 0) is 73.2 Å². The lowest BCUT2D eigenvalue weighted by Crippen LogP contribution is -2.01. The van der Waals surface area contributed by atoms with Gasteiger partial charge in [0.05, 0.1) is 9.79 Å². The number of hydrogen-bond acceptors (Lipinski definition) is 3. The van der Waals surface area contributed by atoms with E-state index in [1.54, 1.807) is 11.8 Å². The van der Waals surface area contributed by atoms with Crippen LogP contribution in [0.25, 0.3) is 0 Å². The van der Waals surface area contributed by atoms with E-state index in [1.807, 2.05) is 36.4 Å². The third kappa shape index (κ3) is 6.00. The molecule has 0 atom stereocenters. The van der Waals surface area contributed by atoms with E-state index in [9.17, 15) is 0 Å². The molecule has 0 saturated heterocycles. The minimum absolute atomic E-state index is 0.544. The zero-order valence-electron chi connectivity index (χ0n) is 19.7. The monoisotopic (exact) mass is 454 g/mol. The van der Waals surface area contributed by atoms with Gasteiger partial charge in [0.1, 0.15) is 24.7 Å². The highest BCUT2D eigenvalue weighted by atomic mass is 32.2. The Kier molecular flexibility index (Phi) is 7.41. The average Bonchev–Trinajstić information content (AvgIpc) is 2.79. The first-order chi connectivity index (χ1) is 16.0. The molecule has 4 rings (SSSR count). The minimum atomic E-state index is 0.544. The van der Waals surface area contributed by atoms with Gasteiger partial charge in [-0.3, -0.25) is 0 Å². The largest absolute Gasteiger partial charge is 0.487 e. The fraction of sp³-hybridized carbons (Fsp3) is 0.200. The third-order valence-electron chi connectivity index (χ3n) is 5.44. The second-order valence-corrected chi connectivity index (χ2v) is 9.55. The summed E-state index contributed by atoms with van der Waals surface area (Å²) >= 11 is 1.72. The second kappa shape index (κ2) is 10.6. The van der Waals surface area contributed by atoms with Gasteiger partial charge in [0.25, 0.3) is 0 Å². The van der Waals surface area contributed by atoms with Crippen molar-refractivity contribution in [3.63, 3.8) is 0 Å². The van der Waals surface area contributed by atoms with Crippen molar-refractivity contribution in [2.45, 2.75) is 50.7 Å². The van der Waals surface area contributed by atoms with Crippen molar-refractivity contribution in [3.8, 4) is 11.5 Å².